The Bertz CT molecular complexity index is 732. The summed E-state index contributed by atoms with van der Waals surface area (Å²) in [4.78, 5) is 12.4. The predicted octanol–water partition coefficient (Wildman–Crippen LogP) is 2.74. The summed E-state index contributed by atoms with van der Waals surface area (Å²) >= 11 is 1.51. The van der Waals surface area contributed by atoms with Crippen molar-refractivity contribution < 1.29 is 13.2 Å². The second-order valence-corrected chi connectivity index (χ2v) is 7.20. The van der Waals surface area contributed by atoms with Gasteiger partial charge in [0.1, 0.15) is 0 Å². The van der Waals surface area contributed by atoms with Crippen LogP contribution in [0.5, 0.6) is 0 Å². The first kappa shape index (κ1) is 14.9. The zero-order valence-electron chi connectivity index (χ0n) is 11.2. The Labute approximate surface area is 122 Å². The average Bonchev–Trinajstić information content (AvgIpc) is 2.82. The van der Waals surface area contributed by atoms with E-state index in [-0.39, 0.29) is 17.2 Å². The number of nitrogens with one attached hydrogen (secondary N) is 1. The first-order valence-corrected chi connectivity index (χ1v) is 8.40. The van der Waals surface area contributed by atoms with Crippen LogP contribution in [0.3, 0.4) is 0 Å². The van der Waals surface area contributed by atoms with Crippen molar-refractivity contribution in [2.75, 3.05) is 0 Å². The van der Waals surface area contributed by atoms with E-state index in [1.54, 1.807) is 12.1 Å². The number of aryl methyl sites for hydroxylation is 1. The van der Waals surface area contributed by atoms with E-state index in [9.17, 15) is 13.2 Å². The van der Waals surface area contributed by atoms with Gasteiger partial charge in [-0.3, -0.25) is 4.79 Å². The molecular weight excluding hydrogens is 294 g/mol. The highest BCUT2D eigenvalue weighted by Crippen LogP contribution is 2.17. The average molecular weight is 309 g/mol. The maximum atomic E-state index is 12.2. The predicted molar refractivity (Wildman–Crippen MR) is 79.5 cm³/mol. The van der Waals surface area contributed by atoms with Crippen LogP contribution in [0.2, 0.25) is 0 Å². The van der Waals surface area contributed by atoms with Crippen LogP contribution in [-0.4, -0.2) is 14.2 Å². The van der Waals surface area contributed by atoms with Gasteiger partial charge < -0.3 is 0 Å². The van der Waals surface area contributed by atoms with Gasteiger partial charge in [0, 0.05) is 17.0 Å². The lowest BCUT2D eigenvalue weighted by Gasteiger charge is -2.07. The van der Waals surface area contributed by atoms with Gasteiger partial charge in [0.15, 0.2) is 5.78 Å². The quantitative estimate of drug-likeness (QED) is 0.864. The third-order valence-corrected chi connectivity index (χ3v) is 5.36. The molecule has 0 bridgehead atoms. The van der Waals surface area contributed by atoms with E-state index in [1.807, 2.05) is 18.4 Å². The van der Waals surface area contributed by atoms with Crippen LogP contribution >= 0.6 is 11.3 Å². The van der Waals surface area contributed by atoms with E-state index in [1.165, 1.54) is 30.4 Å². The van der Waals surface area contributed by atoms with Gasteiger partial charge in [-0.15, -0.1) is 11.3 Å². The fraction of sp³-hybridized carbons (Fsp3) is 0.214. The molecule has 0 aliphatic rings. The number of Topliss-reactive ketones (excluding diaryl/α,β-unsaturated/α-hetero) is 1. The van der Waals surface area contributed by atoms with Crippen molar-refractivity contribution in [2.24, 2.45) is 0 Å². The first-order chi connectivity index (χ1) is 9.40. The maximum absolute atomic E-state index is 12.2. The summed E-state index contributed by atoms with van der Waals surface area (Å²) in [7, 11) is -3.60. The first-order valence-electron chi connectivity index (χ1n) is 6.04. The Kier molecular flexibility index (Phi) is 4.37. The molecule has 0 saturated carbocycles. The fourth-order valence-electron chi connectivity index (χ4n) is 1.71. The molecule has 0 unspecified atom stereocenters. The SMILES string of the molecule is CC(=O)c1cccc(S(=O)(=O)NCc2sccc2C)c1. The molecule has 1 N–H and O–H groups in total. The van der Waals surface area contributed by atoms with Crippen LogP contribution in [0.4, 0.5) is 0 Å². The normalized spacial score (nSPS) is 11.5. The molecule has 0 radical (unpaired) electrons. The van der Waals surface area contributed by atoms with E-state index in [2.05, 4.69) is 4.72 Å². The summed E-state index contributed by atoms with van der Waals surface area (Å²) < 4.78 is 26.9. The highest BCUT2D eigenvalue weighted by atomic mass is 32.2. The van der Waals surface area contributed by atoms with Crippen molar-refractivity contribution in [3.63, 3.8) is 0 Å². The molecule has 0 saturated heterocycles. The van der Waals surface area contributed by atoms with Crippen molar-refractivity contribution in [1.29, 1.82) is 0 Å². The standard InChI is InChI=1S/C14H15NO3S2/c1-10-6-7-19-14(10)9-15-20(17,18)13-5-3-4-12(8-13)11(2)16/h3-8,15H,9H2,1-2H3. The second-order valence-electron chi connectivity index (χ2n) is 4.44. The lowest BCUT2D eigenvalue weighted by Crippen LogP contribution is -2.23. The molecule has 0 atom stereocenters. The summed E-state index contributed by atoms with van der Waals surface area (Å²) in [5.74, 6) is -0.156. The monoisotopic (exact) mass is 309 g/mol. The van der Waals surface area contributed by atoms with Crippen LogP contribution in [-0.2, 0) is 16.6 Å². The number of hydrogen-bond acceptors (Lipinski definition) is 4. The Morgan fingerprint density at radius 3 is 2.65 bits per heavy atom. The molecule has 106 valence electrons. The van der Waals surface area contributed by atoms with Crippen LogP contribution < -0.4 is 4.72 Å². The number of carbonyl (C=O) groups excluding carboxylic acids is 1. The van der Waals surface area contributed by atoms with Gasteiger partial charge in [-0.05, 0) is 43.0 Å². The van der Waals surface area contributed by atoms with Crippen LogP contribution in [0.25, 0.3) is 0 Å². The third kappa shape index (κ3) is 3.33. The molecular formula is C14H15NO3S2. The third-order valence-electron chi connectivity index (χ3n) is 2.94. The Morgan fingerprint density at radius 2 is 2.05 bits per heavy atom. The highest BCUT2D eigenvalue weighted by molar-refractivity contribution is 7.89. The summed E-state index contributed by atoms with van der Waals surface area (Å²) in [5.41, 5.74) is 1.45. The minimum absolute atomic E-state index is 0.111. The van der Waals surface area contributed by atoms with Gasteiger partial charge in [-0.25, -0.2) is 13.1 Å². The summed E-state index contributed by atoms with van der Waals surface area (Å²) in [5, 5.41) is 1.93. The van der Waals surface area contributed by atoms with E-state index >= 15 is 0 Å². The molecule has 0 spiro atoms. The summed E-state index contributed by atoms with van der Waals surface area (Å²) in [6, 6.07) is 8.00. The summed E-state index contributed by atoms with van der Waals surface area (Å²) in [6.45, 7) is 3.61. The number of benzene rings is 1. The molecule has 20 heavy (non-hydrogen) atoms. The lowest BCUT2D eigenvalue weighted by molar-refractivity contribution is 0.101. The minimum Gasteiger partial charge on any atom is -0.295 e. The molecule has 6 heteroatoms. The zero-order valence-corrected chi connectivity index (χ0v) is 12.8. The van der Waals surface area contributed by atoms with Crippen LogP contribution in [0.1, 0.15) is 27.7 Å². The number of thiophene rings is 1. The van der Waals surface area contributed by atoms with Gasteiger partial charge in [0.05, 0.1) is 4.90 Å². The van der Waals surface area contributed by atoms with Crippen molar-refractivity contribution in [1.82, 2.24) is 4.72 Å². The Morgan fingerprint density at radius 1 is 1.30 bits per heavy atom. The molecule has 2 rings (SSSR count). The summed E-state index contributed by atoms with van der Waals surface area (Å²) in [6.07, 6.45) is 0. The number of carbonyl (C=O) groups is 1. The van der Waals surface area contributed by atoms with Crippen molar-refractivity contribution in [3.8, 4) is 0 Å². The number of rotatable bonds is 5. The molecule has 0 aliphatic heterocycles. The van der Waals surface area contributed by atoms with Gasteiger partial charge in [0.2, 0.25) is 10.0 Å². The minimum atomic E-state index is -3.60. The topological polar surface area (TPSA) is 63.2 Å². The lowest BCUT2D eigenvalue weighted by atomic mass is 10.2. The molecule has 1 aromatic heterocycles. The van der Waals surface area contributed by atoms with Crippen LogP contribution in [0.15, 0.2) is 40.6 Å². The van der Waals surface area contributed by atoms with E-state index in [0.29, 0.717) is 5.56 Å². The van der Waals surface area contributed by atoms with E-state index < -0.39 is 10.0 Å². The molecule has 0 amide bonds. The smallest absolute Gasteiger partial charge is 0.240 e. The Balaban J connectivity index is 2.20. The molecule has 4 nitrogen and oxygen atoms in total. The maximum Gasteiger partial charge on any atom is 0.240 e. The highest BCUT2D eigenvalue weighted by Gasteiger charge is 2.15. The zero-order chi connectivity index (χ0) is 14.8. The Hall–Kier alpha value is -1.50. The molecule has 2 aromatic rings. The van der Waals surface area contributed by atoms with Crippen LogP contribution in [0, 0.1) is 6.92 Å². The van der Waals surface area contributed by atoms with Gasteiger partial charge in [0.25, 0.3) is 0 Å². The fourth-order valence-corrected chi connectivity index (χ4v) is 3.69. The van der Waals surface area contributed by atoms with E-state index in [4.69, 9.17) is 0 Å². The molecule has 1 heterocycles. The number of sulfonamides is 1. The number of hydrogen-bond donors (Lipinski definition) is 1. The van der Waals surface area contributed by atoms with Crippen molar-refractivity contribution in [2.45, 2.75) is 25.3 Å². The van der Waals surface area contributed by atoms with E-state index in [0.717, 1.165) is 10.4 Å². The van der Waals surface area contributed by atoms with Gasteiger partial charge in [-0.1, -0.05) is 12.1 Å². The molecule has 1 aromatic carbocycles. The van der Waals surface area contributed by atoms with Gasteiger partial charge in [-0.2, -0.15) is 0 Å². The molecule has 0 aliphatic carbocycles. The molecule has 0 fully saturated rings. The van der Waals surface area contributed by atoms with Crippen molar-refractivity contribution in [3.05, 3.63) is 51.7 Å². The van der Waals surface area contributed by atoms with Crippen molar-refractivity contribution >= 4 is 27.1 Å². The second kappa shape index (κ2) is 5.87. The largest absolute Gasteiger partial charge is 0.295 e. The number of ketones is 1. The van der Waals surface area contributed by atoms with Gasteiger partial charge >= 0.3 is 0 Å².